The highest BCUT2D eigenvalue weighted by Gasteiger charge is 2.32. The van der Waals surface area contributed by atoms with E-state index in [1.165, 1.54) is 16.4 Å². The van der Waals surface area contributed by atoms with Gasteiger partial charge in [0.1, 0.15) is 0 Å². The van der Waals surface area contributed by atoms with Gasteiger partial charge in [-0.15, -0.1) is 5.10 Å². The first-order valence-corrected chi connectivity index (χ1v) is 6.45. The quantitative estimate of drug-likeness (QED) is 0.864. The van der Waals surface area contributed by atoms with Crippen molar-refractivity contribution < 1.29 is 0 Å². The molecule has 0 aromatic carbocycles. The van der Waals surface area contributed by atoms with Crippen molar-refractivity contribution in [2.24, 2.45) is 5.41 Å². The number of nitrogens with zero attached hydrogens (tertiary/aromatic N) is 2. The van der Waals surface area contributed by atoms with E-state index in [0.717, 1.165) is 5.69 Å². The van der Waals surface area contributed by atoms with Crippen LogP contribution >= 0.6 is 11.5 Å². The van der Waals surface area contributed by atoms with Gasteiger partial charge in [0.05, 0.1) is 10.6 Å². The number of nitrogens with one attached hydrogen (secondary N) is 1. The summed E-state index contributed by atoms with van der Waals surface area (Å²) in [5.41, 5.74) is 1.35. The summed E-state index contributed by atoms with van der Waals surface area (Å²) < 4.78 is 4.12. The van der Waals surface area contributed by atoms with Crippen molar-refractivity contribution in [1.82, 2.24) is 14.9 Å². The Morgan fingerprint density at radius 2 is 1.69 bits per heavy atom. The van der Waals surface area contributed by atoms with E-state index in [4.69, 9.17) is 0 Å². The standard InChI is InChI=1S/C12H23N3S/c1-11(2,3)9(13-7)8-10(12(4,5)6)14-15-16-8/h9,13H,1-7H3. The van der Waals surface area contributed by atoms with Crippen LogP contribution in [0.4, 0.5) is 0 Å². The van der Waals surface area contributed by atoms with Crippen LogP contribution in [0, 0.1) is 5.41 Å². The van der Waals surface area contributed by atoms with Gasteiger partial charge >= 0.3 is 0 Å². The molecule has 0 spiro atoms. The van der Waals surface area contributed by atoms with Crippen molar-refractivity contribution in [3.8, 4) is 0 Å². The van der Waals surface area contributed by atoms with Crippen LogP contribution in [0.1, 0.15) is 58.2 Å². The maximum Gasteiger partial charge on any atom is 0.0857 e. The van der Waals surface area contributed by atoms with E-state index in [9.17, 15) is 0 Å². The molecule has 4 heteroatoms. The zero-order valence-electron chi connectivity index (χ0n) is 11.4. The fourth-order valence-electron chi connectivity index (χ4n) is 1.86. The van der Waals surface area contributed by atoms with Gasteiger partial charge in [-0.25, -0.2) is 0 Å². The number of hydrogen-bond donors (Lipinski definition) is 1. The zero-order chi connectivity index (χ0) is 12.6. The molecule has 1 aromatic heterocycles. The Hall–Kier alpha value is -0.480. The second kappa shape index (κ2) is 4.41. The fourth-order valence-corrected chi connectivity index (χ4v) is 3.08. The summed E-state index contributed by atoms with van der Waals surface area (Å²) in [6.07, 6.45) is 0. The van der Waals surface area contributed by atoms with Gasteiger partial charge in [0.15, 0.2) is 0 Å². The van der Waals surface area contributed by atoms with Crippen LogP contribution in [0.25, 0.3) is 0 Å². The number of rotatable bonds is 2. The summed E-state index contributed by atoms with van der Waals surface area (Å²) in [5.74, 6) is 0. The Morgan fingerprint density at radius 1 is 1.12 bits per heavy atom. The van der Waals surface area contributed by atoms with Crippen LogP contribution in [0.15, 0.2) is 0 Å². The van der Waals surface area contributed by atoms with E-state index < -0.39 is 0 Å². The molecule has 0 bridgehead atoms. The second-order valence-electron chi connectivity index (χ2n) is 6.32. The molecule has 92 valence electrons. The smallest absolute Gasteiger partial charge is 0.0857 e. The van der Waals surface area contributed by atoms with Crippen molar-refractivity contribution in [3.05, 3.63) is 10.6 Å². The van der Waals surface area contributed by atoms with E-state index in [2.05, 4.69) is 56.4 Å². The third-order valence-electron chi connectivity index (χ3n) is 2.64. The highest BCUT2D eigenvalue weighted by Crippen LogP contribution is 2.38. The molecule has 1 heterocycles. The second-order valence-corrected chi connectivity index (χ2v) is 7.11. The minimum Gasteiger partial charge on any atom is -0.312 e. The SMILES string of the molecule is CNC(c1snnc1C(C)(C)C)C(C)(C)C. The summed E-state index contributed by atoms with van der Waals surface area (Å²) in [6.45, 7) is 13.3. The molecule has 1 atom stereocenters. The molecule has 16 heavy (non-hydrogen) atoms. The molecule has 1 aromatic rings. The molecule has 0 amide bonds. The molecule has 0 fully saturated rings. The van der Waals surface area contributed by atoms with Gasteiger partial charge in [-0.05, 0) is 24.0 Å². The summed E-state index contributed by atoms with van der Waals surface area (Å²) in [6, 6.07) is 0.307. The first kappa shape index (κ1) is 13.6. The zero-order valence-corrected chi connectivity index (χ0v) is 12.2. The van der Waals surface area contributed by atoms with E-state index in [0.29, 0.717) is 6.04 Å². The maximum atomic E-state index is 4.30. The summed E-state index contributed by atoms with van der Waals surface area (Å²) >= 11 is 1.51. The monoisotopic (exact) mass is 241 g/mol. The predicted molar refractivity (Wildman–Crippen MR) is 69.9 cm³/mol. The molecule has 3 nitrogen and oxygen atoms in total. The van der Waals surface area contributed by atoms with Crippen LogP contribution in [0.2, 0.25) is 0 Å². The minimum absolute atomic E-state index is 0.0582. The molecule has 0 aliphatic heterocycles. The Bertz CT molecular complexity index is 344. The molecule has 1 N–H and O–H groups in total. The largest absolute Gasteiger partial charge is 0.312 e. The molecule has 0 saturated carbocycles. The number of hydrogen-bond acceptors (Lipinski definition) is 4. The summed E-state index contributed by atoms with van der Waals surface area (Å²) in [7, 11) is 2.00. The highest BCUT2D eigenvalue weighted by atomic mass is 32.1. The van der Waals surface area contributed by atoms with Crippen molar-refractivity contribution in [2.75, 3.05) is 7.05 Å². The summed E-state index contributed by atoms with van der Waals surface area (Å²) in [5, 5.41) is 7.69. The normalized spacial score (nSPS) is 15.2. The van der Waals surface area contributed by atoms with Gasteiger partial charge in [-0.1, -0.05) is 46.0 Å². The molecular weight excluding hydrogens is 218 g/mol. The number of aromatic nitrogens is 2. The van der Waals surface area contributed by atoms with Crippen molar-refractivity contribution in [3.63, 3.8) is 0 Å². The molecular formula is C12H23N3S. The Labute approximate surface area is 103 Å². The van der Waals surface area contributed by atoms with Crippen LogP contribution in [0.3, 0.4) is 0 Å². The fraction of sp³-hybridized carbons (Fsp3) is 0.833. The first-order valence-electron chi connectivity index (χ1n) is 5.68. The third-order valence-corrected chi connectivity index (χ3v) is 3.43. The van der Waals surface area contributed by atoms with Gasteiger partial charge in [-0.3, -0.25) is 0 Å². The van der Waals surface area contributed by atoms with E-state index in [1.54, 1.807) is 0 Å². The van der Waals surface area contributed by atoms with Crippen LogP contribution in [0.5, 0.6) is 0 Å². The highest BCUT2D eigenvalue weighted by molar-refractivity contribution is 7.05. The molecule has 1 unspecified atom stereocenters. The van der Waals surface area contributed by atoms with Gasteiger partial charge in [0.2, 0.25) is 0 Å². The van der Waals surface area contributed by atoms with E-state index in [1.807, 2.05) is 7.05 Å². The Kier molecular flexibility index (Phi) is 3.75. The first-order chi connectivity index (χ1) is 7.18. The average molecular weight is 241 g/mol. The van der Waals surface area contributed by atoms with Crippen molar-refractivity contribution in [2.45, 2.75) is 53.0 Å². The lowest BCUT2D eigenvalue weighted by atomic mass is 9.81. The average Bonchev–Trinajstić information content (AvgIpc) is 2.49. The molecule has 0 aliphatic rings. The lowest BCUT2D eigenvalue weighted by molar-refractivity contribution is 0.287. The Morgan fingerprint density at radius 3 is 2.06 bits per heavy atom. The van der Waals surface area contributed by atoms with Gasteiger partial charge in [0.25, 0.3) is 0 Å². The van der Waals surface area contributed by atoms with Gasteiger partial charge < -0.3 is 5.32 Å². The van der Waals surface area contributed by atoms with Crippen molar-refractivity contribution >= 4 is 11.5 Å². The van der Waals surface area contributed by atoms with Crippen LogP contribution < -0.4 is 5.32 Å². The minimum atomic E-state index is 0.0582. The predicted octanol–water partition coefficient (Wildman–Crippen LogP) is 3.14. The lowest BCUT2D eigenvalue weighted by Crippen LogP contribution is -2.31. The maximum absolute atomic E-state index is 4.30. The Balaban J connectivity index is 3.18. The van der Waals surface area contributed by atoms with E-state index >= 15 is 0 Å². The van der Waals surface area contributed by atoms with Gasteiger partial charge in [-0.2, -0.15) is 0 Å². The topological polar surface area (TPSA) is 37.8 Å². The van der Waals surface area contributed by atoms with Crippen molar-refractivity contribution in [1.29, 1.82) is 0 Å². The third kappa shape index (κ3) is 2.80. The molecule has 0 radical (unpaired) electrons. The van der Waals surface area contributed by atoms with Crippen LogP contribution in [-0.4, -0.2) is 16.6 Å². The van der Waals surface area contributed by atoms with Crippen LogP contribution in [-0.2, 0) is 5.41 Å². The molecule has 1 rings (SSSR count). The summed E-state index contributed by atoms with van der Waals surface area (Å²) in [4.78, 5) is 1.27. The lowest BCUT2D eigenvalue weighted by Gasteiger charge is -2.31. The van der Waals surface area contributed by atoms with Gasteiger partial charge in [0, 0.05) is 11.5 Å². The molecule has 0 saturated heterocycles. The molecule has 0 aliphatic carbocycles. The van der Waals surface area contributed by atoms with E-state index in [-0.39, 0.29) is 10.8 Å².